The number of rotatable bonds is 4. The van der Waals surface area contributed by atoms with E-state index in [2.05, 4.69) is 25.6 Å². The van der Waals surface area contributed by atoms with Crippen molar-refractivity contribution in [3.63, 3.8) is 0 Å². The van der Waals surface area contributed by atoms with E-state index in [-0.39, 0.29) is 11.5 Å². The SMILES string of the molecule is Nc1cccc(S(=O)(=O)Nc2ncccc2Br)c1[N+](=O)[O-]. The van der Waals surface area contributed by atoms with Crippen molar-refractivity contribution in [1.82, 2.24) is 4.98 Å². The summed E-state index contributed by atoms with van der Waals surface area (Å²) in [4.78, 5) is 13.5. The summed E-state index contributed by atoms with van der Waals surface area (Å²) in [5, 5.41) is 11.0. The van der Waals surface area contributed by atoms with Gasteiger partial charge in [-0.2, -0.15) is 0 Å². The van der Waals surface area contributed by atoms with Gasteiger partial charge in [0.2, 0.25) is 0 Å². The zero-order valence-electron chi connectivity index (χ0n) is 10.4. The van der Waals surface area contributed by atoms with E-state index in [1.165, 1.54) is 18.3 Å². The van der Waals surface area contributed by atoms with Gasteiger partial charge in [-0.1, -0.05) is 6.07 Å². The highest BCUT2D eigenvalue weighted by Crippen LogP contribution is 2.31. The van der Waals surface area contributed by atoms with Crippen LogP contribution in [0.1, 0.15) is 0 Å². The number of sulfonamides is 1. The first-order valence-corrected chi connectivity index (χ1v) is 7.77. The molecule has 0 bridgehead atoms. The Kier molecular flexibility index (Phi) is 4.09. The van der Waals surface area contributed by atoms with E-state index in [1.807, 2.05) is 0 Å². The lowest BCUT2D eigenvalue weighted by atomic mass is 10.3. The lowest BCUT2D eigenvalue weighted by Crippen LogP contribution is -2.16. The second-order valence-electron chi connectivity index (χ2n) is 3.89. The normalized spacial score (nSPS) is 11.1. The van der Waals surface area contributed by atoms with Gasteiger partial charge in [-0.3, -0.25) is 14.8 Å². The van der Waals surface area contributed by atoms with Gasteiger partial charge in [-0.05, 0) is 40.2 Å². The summed E-state index contributed by atoms with van der Waals surface area (Å²) in [7, 11) is -4.20. The molecule has 0 aliphatic heterocycles. The summed E-state index contributed by atoms with van der Waals surface area (Å²) in [6.07, 6.45) is 1.39. The zero-order chi connectivity index (χ0) is 15.6. The quantitative estimate of drug-likeness (QED) is 0.480. The fraction of sp³-hybridized carbons (Fsp3) is 0. The molecule has 8 nitrogen and oxygen atoms in total. The molecule has 0 amide bonds. The minimum Gasteiger partial charge on any atom is -0.393 e. The second kappa shape index (κ2) is 5.66. The molecule has 1 aromatic heterocycles. The maximum atomic E-state index is 12.3. The number of nitrogens with zero attached hydrogens (tertiary/aromatic N) is 2. The molecule has 110 valence electrons. The third-order valence-electron chi connectivity index (χ3n) is 2.49. The Labute approximate surface area is 128 Å². The standard InChI is InChI=1S/C11H9BrN4O4S/c12-7-3-2-6-14-11(7)15-21(19,20)9-5-1-4-8(13)10(9)16(17)18/h1-6H,13H2,(H,14,15). The van der Waals surface area contributed by atoms with Gasteiger partial charge in [0.15, 0.2) is 10.7 Å². The highest BCUT2D eigenvalue weighted by molar-refractivity contribution is 9.10. The molecule has 0 aliphatic rings. The van der Waals surface area contributed by atoms with E-state index in [0.29, 0.717) is 4.47 Å². The predicted octanol–water partition coefficient (Wildman–Crippen LogP) is 2.14. The van der Waals surface area contributed by atoms with Crippen molar-refractivity contribution >= 4 is 43.1 Å². The van der Waals surface area contributed by atoms with Crippen LogP contribution in [0.15, 0.2) is 45.9 Å². The summed E-state index contributed by atoms with van der Waals surface area (Å²) < 4.78 is 27.2. The van der Waals surface area contributed by atoms with E-state index >= 15 is 0 Å². The summed E-state index contributed by atoms with van der Waals surface area (Å²) >= 11 is 3.14. The smallest absolute Gasteiger partial charge is 0.312 e. The highest BCUT2D eigenvalue weighted by atomic mass is 79.9. The number of aromatic nitrogens is 1. The molecular weight excluding hydrogens is 364 g/mol. The number of pyridine rings is 1. The Morgan fingerprint density at radius 3 is 2.62 bits per heavy atom. The van der Waals surface area contributed by atoms with Crippen molar-refractivity contribution in [2.45, 2.75) is 4.90 Å². The van der Waals surface area contributed by atoms with Crippen molar-refractivity contribution in [2.24, 2.45) is 0 Å². The number of para-hydroxylation sites is 1. The largest absolute Gasteiger partial charge is 0.393 e. The van der Waals surface area contributed by atoms with Crippen molar-refractivity contribution in [2.75, 3.05) is 10.5 Å². The van der Waals surface area contributed by atoms with Crippen LogP contribution >= 0.6 is 15.9 Å². The van der Waals surface area contributed by atoms with E-state index < -0.39 is 25.5 Å². The van der Waals surface area contributed by atoms with Gasteiger partial charge < -0.3 is 5.73 Å². The maximum absolute atomic E-state index is 12.3. The molecule has 0 radical (unpaired) electrons. The molecule has 1 heterocycles. The maximum Gasteiger partial charge on any atom is 0.312 e. The van der Waals surface area contributed by atoms with Crippen LogP contribution in [0.3, 0.4) is 0 Å². The average Bonchev–Trinajstić information content (AvgIpc) is 2.40. The van der Waals surface area contributed by atoms with E-state index in [4.69, 9.17) is 5.73 Å². The first-order chi connectivity index (χ1) is 9.83. The lowest BCUT2D eigenvalue weighted by molar-refractivity contribution is -0.386. The highest BCUT2D eigenvalue weighted by Gasteiger charge is 2.28. The number of halogens is 1. The molecule has 0 aliphatic carbocycles. The first kappa shape index (κ1) is 15.2. The van der Waals surface area contributed by atoms with Crippen LogP contribution in [0.25, 0.3) is 0 Å². The van der Waals surface area contributed by atoms with Crippen molar-refractivity contribution in [3.8, 4) is 0 Å². The fourth-order valence-electron chi connectivity index (χ4n) is 1.59. The van der Waals surface area contributed by atoms with Crippen LogP contribution in [-0.2, 0) is 10.0 Å². The molecule has 0 fully saturated rings. The molecule has 0 atom stereocenters. The lowest BCUT2D eigenvalue weighted by Gasteiger charge is -2.09. The van der Waals surface area contributed by atoms with Crippen LogP contribution in [0.4, 0.5) is 17.2 Å². The molecular formula is C11H9BrN4O4S. The van der Waals surface area contributed by atoms with Crippen molar-refractivity contribution in [1.29, 1.82) is 0 Å². The molecule has 3 N–H and O–H groups in total. The third kappa shape index (κ3) is 3.11. The van der Waals surface area contributed by atoms with Crippen molar-refractivity contribution in [3.05, 3.63) is 51.1 Å². The van der Waals surface area contributed by atoms with Gasteiger partial charge in [0, 0.05) is 6.20 Å². The van der Waals surface area contributed by atoms with Crippen LogP contribution in [-0.4, -0.2) is 18.3 Å². The van der Waals surface area contributed by atoms with Crippen LogP contribution in [0, 0.1) is 10.1 Å². The predicted molar refractivity (Wildman–Crippen MR) is 80.3 cm³/mol. The second-order valence-corrected chi connectivity index (χ2v) is 6.40. The fourth-order valence-corrected chi connectivity index (χ4v) is 3.31. The molecule has 0 spiro atoms. The van der Waals surface area contributed by atoms with Gasteiger partial charge in [0.25, 0.3) is 10.0 Å². The number of benzene rings is 1. The molecule has 21 heavy (non-hydrogen) atoms. The molecule has 1 aromatic carbocycles. The minimum atomic E-state index is -4.20. The summed E-state index contributed by atoms with van der Waals surface area (Å²) in [6, 6.07) is 6.87. The molecule has 0 unspecified atom stereocenters. The Bertz CT molecular complexity index is 810. The molecule has 10 heteroatoms. The first-order valence-electron chi connectivity index (χ1n) is 5.49. The summed E-state index contributed by atoms with van der Waals surface area (Å²) in [5.41, 5.74) is 4.58. The van der Waals surface area contributed by atoms with Crippen LogP contribution in [0.5, 0.6) is 0 Å². The Morgan fingerprint density at radius 1 is 1.29 bits per heavy atom. The Morgan fingerprint density at radius 2 is 2.00 bits per heavy atom. The topological polar surface area (TPSA) is 128 Å². The van der Waals surface area contributed by atoms with Gasteiger partial charge in [-0.15, -0.1) is 0 Å². The molecule has 0 saturated carbocycles. The minimum absolute atomic E-state index is 0.0224. The number of nitro groups is 1. The zero-order valence-corrected chi connectivity index (χ0v) is 12.8. The Hall–Kier alpha value is -2.20. The van der Waals surface area contributed by atoms with E-state index in [0.717, 1.165) is 6.07 Å². The summed E-state index contributed by atoms with van der Waals surface area (Å²) in [5.74, 6) is 0.0224. The molecule has 0 saturated heterocycles. The number of hydrogen-bond donors (Lipinski definition) is 2. The number of nitrogens with one attached hydrogen (secondary N) is 1. The van der Waals surface area contributed by atoms with E-state index in [1.54, 1.807) is 12.1 Å². The number of nitrogens with two attached hydrogens (primary N) is 1. The third-order valence-corrected chi connectivity index (χ3v) is 4.50. The number of nitro benzene ring substituents is 1. The average molecular weight is 373 g/mol. The number of anilines is 2. The van der Waals surface area contributed by atoms with Crippen molar-refractivity contribution < 1.29 is 13.3 Å². The van der Waals surface area contributed by atoms with Gasteiger partial charge in [0.1, 0.15) is 5.69 Å². The van der Waals surface area contributed by atoms with Gasteiger partial charge in [-0.25, -0.2) is 13.4 Å². The number of hydrogen-bond acceptors (Lipinski definition) is 6. The van der Waals surface area contributed by atoms with Crippen LogP contribution < -0.4 is 10.5 Å². The molecule has 2 rings (SSSR count). The number of nitrogen functional groups attached to an aromatic ring is 1. The van der Waals surface area contributed by atoms with Gasteiger partial charge >= 0.3 is 5.69 Å². The Balaban J connectivity index is 2.53. The monoisotopic (exact) mass is 372 g/mol. The molecule has 2 aromatic rings. The van der Waals surface area contributed by atoms with Crippen LogP contribution in [0.2, 0.25) is 0 Å². The van der Waals surface area contributed by atoms with Gasteiger partial charge in [0.05, 0.1) is 9.40 Å². The van der Waals surface area contributed by atoms with E-state index in [9.17, 15) is 18.5 Å². The summed E-state index contributed by atoms with van der Waals surface area (Å²) in [6.45, 7) is 0.